The Morgan fingerprint density at radius 2 is 2.00 bits per heavy atom. The number of hydrogen-bond acceptors (Lipinski definition) is 6. The lowest BCUT2D eigenvalue weighted by Gasteiger charge is -2.10. The lowest BCUT2D eigenvalue weighted by atomic mass is 10.0. The van der Waals surface area contributed by atoms with Gasteiger partial charge in [0, 0.05) is 23.7 Å². The van der Waals surface area contributed by atoms with Gasteiger partial charge in [-0.05, 0) is 30.3 Å². The van der Waals surface area contributed by atoms with Crippen molar-refractivity contribution in [3.8, 4) is 17.2 Å². The lowest BCUT2D eigenvalue weighted by molar-refractivity contribution is -0.125. The molecule has 0 aromatic heterocycles. The van der Waals surface area contributed by atoms with Crippen molar-refractivity contribution in [2.45, 2.75) is 12.5 Å². The summed E-state index contributed by atoms with van der Waals surface area (Å²) < 4.78 is 10.5. The average molecular weight is 342 g/mol. The summed E-state index contributed by atoms with van der Waals surface area (Å²) in [5.41, 5.74) is 1.94. The number of nitrogens with zero attached hydrogens (tertiary/aromatic N) is 1. The van der Waals surface area contributed by atoms with Crippen molar-refractivity contribution in [3.63, 3.8) is 0 Å². The summed E-state index contributed by atoms with van der Waals surface area (Å²) in [6, 6.07) is 11.7. The van der Waals surface area contributed by atoms with Crippen molar-refractivity contribution in [3.05, 3.63) is 48.0 Å². The van der Waals surface area contributed by atoms with Gasteiger partial charge in [-0.3, -0.25) is 4.79 Å². The largest absolute Gasteiger partial charge is 0.508 e. The molecule has 2 aromatic rings. The van der Waals surface area contributed by atoms with Gasteiger partial charge in [0.05, 0.1) is 19.9 Å². The number of aromatic hydroxyl groups is 1. The number of ether oxygens (including phenoxy) is 2. The Hall–Kier alpha value is -3.22. The number of phenols is 1. The molecule has 2 N–H and O–H groups in total. The fourth-order valence-electron chi connectivity index (χ4n) is 2.51. The average Bonchev–Trinajstić information content (AvgIpc) is 3.11. The molecule has 1 aliphatic rings. The monoisotopic (exact) mass is 342 g/mol. The van der Waals surface area contributed by atoms with Gasteiger partial charge in [0.2, 0.25) is 6.10 Å². The molecule has 1 aliphatic heterocycles. The van der Waals surface area contributed by atoms with Gasteiger partial charge in [0.1, 0.15) is 5.75 Å². The number of hydrogen-bond donors (Lipinski definition) is 2. The van der Waals surface area contributed by atoms with E-state index >= 15 is 0 Å². The first kappa shape index (κ1) is 16.6. The van der Waals surface area contributed by atoms with E-state index in [2.05, 4.69) is 10.5 Å². The summed E-state index contributed by atoms with van der Waals surface area (Å²) in [4.78, 5) is 17.5. The van der Waals surface area contributed by atoms with Crippen LogP contribution in [0.4, 0.5) is 5.69 Å². The van der Waals surface area contributed by atoms with Gasteiger partial charge in [0.15, 0.2) is 11.5 Å². The molecule has 25 heavy (non-hydrogen) atoms. The minimum Gasteiger partial charge on any atom is -0.508 e. The highest BCUT2D eigenvalue weighted by molar-refractivity contribution is 6.06. The zero-order valence-electron chi connectivity index (χ0n) is 13.9. The van der Waals surface area contributed by atoms with Gasteiger partial charge in [-0.1, -0.05) is 11.2 Å². The predicted octanol–water partition coefficient (Wildman–Crippen LogP) is 2.54. The van der Waals surface area contributed by atoms with Crippen LogP contribution in [0.3, 0.4) is 0 Å². The molecule has 0 saturated heterocycles. The third-order valence-corrected chi connectivity index (χ3v) is 3.79. The van der Waals surface area contributed by atoms with Crippen molar-refractivity contribution >= 4 is 17.3 Å². The quantitative estimate of drug-likeness (QED) is 0.871. The number of phenolic OH excluding ortho intramolecular Hbond substituents is 1. The van der Waals surface area contributed by atoms with Crippen LogP contribution in [0.15, 0.2) is 47.6 Å². The van der Waals surface area contributed by atoms with Gasteiger partial charge in [0.25, 0.3) is 5.91 Å². The minimum absolute atomic E-state index is 0.0763. The number of carbonyl (C=O) groups excluding carboxylic acids is 1. The Kier molecular flexibility index (Phi) is 4.74. The number of methoxy groups -OCH3 is 2. The molecule has 0 saturated carbocycles. The maximum atomic E-state index is 12.3. The molecule has 7 nitrogen and oxygen atoms in total. The number of oxime groups is 1. The highest BCUT2D eigenvalue weighted by atomic mass is 16.6. The zero-order chi connectivity index (χ0) is 17.8. The molecule has 0 aliphatic carbocycles. The van der Waals surface area contributed by atoms with Crippen LogP contribution in [0.5, 0.6) is 17.2 Å². The first-order valence-corrected chi connectivity index (χ1v) is 7.65. The van der Waals surface area contributed by atoms with E-state index in [0.717, 1.165) is 5.56 Å². The lowest BCUT2D eigenvalue weighted by Crippen LogP contribution is -2.28. The number of carbonyl (C=O) groups is 1. The van der Waals surface area contributed by atoms with Crippen molar-refractivity contribution < 1.29 is 24.2 Å². The molecule has 0 radical (unpaired) electrons. The SMILES string of the molecule is COc1ccc(C2=NO[C@@H](C(=O)Nc3cccc(O)c3)C2)cc1OC. The summed E-state index contributed by atoms with van der Waals surface area (Å²) in [6.07, 6.45) is -0.398. The van der Waals surface area contributed by atoms with Crippen molar-refractivity contribution in [2.75, 3.05) is 19.5 Å². The predicted molar refractivity (Wildman–Crippen MR) is 92.3 cm³/mol. The maximum absolute atomic E-state index is 12.3. The van der Waals surface area contributed by atoms with Crippen LogP contribution in [0.1, 0.15) is 12.0 Å². The first-order chi connectivity index (χ1) is 12.1. The fourth-order valence-corrected chi connectivity index (χ4v) is 2.51. The van der Waals surface area contributed by atoms with Crippen molar-refractivity contribution in [2.24, 2.45) is 5.16 Å². The Labute approximate surface area is 144 Å². The molecule has 0 unspecified atom stereocenters. The molecule has 0 spiro atoms. The second-order valence-electron chi connectivity index (χ2n) is 5.45. The second kappa shape index (κ2) is 7.12. The van der Waals surface area contributed by atoms with Gasteiger partial charge >= 0.3 is 0 Å². The molecule has 1 amide bonds. The van der Waals surface area contributed by atoms with E-state index in [4.69, 9.17) is 14.3 Å². The smallest absolute Gasteiger partial charge is 0.268 e. The molecule has 1 atom stereocenters. The van der Waals surface area contributed by atoms with E-state index in [0.29, 0.717) is 29.3 Å². The topological polar surface area (TPSA) is 89.4 Å². The molecular formula is C18H18N2O5. The van der Waals surface area contributed by atoms with Gasteiger partial charge < -0.3 is 24.7 Å². The van der Waals surface area contributed by atoms with Gasteiger partial charge in [-0.2, -0.15) is 0 Å². The fraction of sp³-hybridized carbons (Fsp3) is 0.222. The molecular weight excluding hydrogens is 324 g/mol. The zero-order valence-corrected chi connectivity index (χ0v) is 13.9. The maximum Gasteiger partial charge on any atom is 0.268 e. The number of anilines is 1. The summed E-state index contributed by atoms with van der Waals surface area (Å²) in [7, 11) is 3.12. The Morgan fingerprint density at radius 3 is 2.72 bits per heavy atom. The normalized spacial score (nSPS) is 15.9. The molecule has 2 aromatic carbocycles. The summed E-state index contributed by atoms with van der Waals surface area (Å²) in [5.74, 6) is 0.941. The summed E-state index contributed by atoms with van der Waals surface area (Å²) in [5, 5.41) is 16.2. The highest BCUT2D eigenvalue weighted by Crippen LogP contribution is 2.29. The van der Waals surface area contributed by atoms with E-state index in [1.165, 1.54) is 12.1 Å². The summed E-state index contributed by atoms with van der Waals surface area (Å²) in [6.45, 7) is 0. The number of benzene rings is 2. The number of amides is 1. The molecule has 130 valence electrons. The van der Waals surface area contributed by atoms with Crippen LogP contribution >= 0.6 is 0 Å². The highest BCUT2D eigenvalue weighted by Gasteiger charge is 2.29. The first-order valence-electron chi connectivity index (χ1n) is 7.65. The Morgan fingerprint density at radius 1 is 1.20 bits per heavy atom. The van der Waals surface area contributed by atoms with Crippen LogP contribution in [-0.4, -0.2) is 37.0 Å². The minimum atomic E-state index is -0.731. The van der Waals surface area contributed by atoms with Gasteiger partial charge in [-0.15, -0.1) is 0 Å². The van der Waals surface area contributed by atoms with E-state index in [-0.39, 0.29) is 11.7 Å². The number of rotatable bonds is 5. The van der Waals surface area contributed by atoms with E-state index in [1.54, 1.807) is 38.5 Å². The molecule has 0 fully saturated rings. The third-order valence-electron chi connectivity index (χ3n) is 3.79. The molecule has 7 heteroatoms. The van der Waals surface area contributed by atoms with Crippen LogP contribution in [0, 0.1) is 0 Å². The van der Waals surface area contributed by atoms with Crippen LogP contribution in [0.25, 0.3) is 0 Å². The van der Waals surface area contributed by atoms with Crippen molar-refractivity contribution in [1.82, 2.24) is 0 Å². The van der Waals surface area contributed by atoms with E-state index < -0.39 is 6.10 Å². The van der Waals surface area contributed by atoms with Crippen LogP contribution in [0.2, 0.25) is 0 Å². The van der Waals surface area contributed by atoms with Crippen LogP contribution < -0.4 is 14.8 Å². The van der Waals surface area contributed by atoms with Gasteiger partial charge in [-0.25, -0.2) is 0 Å². The van der Waals surface area contributed by atoms with Crippen molar-refractivity contribution in [1.29, 1.82) is 0 Å². The standard InChI is InChI=1S/C18H18N2O5/c1-23-15-7-6-11(8-16(15)24-2)14-10-17(25-20-14)18(22)19-12-4-3-5-13(21)9-12/h3-9,17,21H,10H2,1-2H3,(H,19,22)/t17-/m1/s1. The third kappa shape index (κ3) is 3.65. The summed E-state index contributed by atoms with van der Waals surface area (Å²) >= 11 is 0. The Bertz CT molecular complexity index is 819. The molecule has 1 heterocycles. The van der Waals surface area contributed by atoms with E-state index in [9.17, 15) is 9.90 Å². The van der Waals surface area contributed by atoms with E-state index in [1.807, 2.05) is 6.07 Å². The molecule has 3 rings (SSSR count). The second-order valence-corrected chi connectivity index (χ2v) is 5.45. The van der Waals surface area contributed by atoms with Crippen LogP contribution in [-0.2, 0) is 9.63 Å². The Balaban J connectivity index is 1.67. The molecule has 0 bridgehead atoms. The number of nitrogens with one attached hydrogen (secondary N) is 1.